The number of rotatable bonds is 3. The Morgan fingerprint density at radius 3 is 2.73 bits per heavy atom. The van der Waals surface area contributed by atoms with Crippen LogP contribution in [0.1, 0.15) is 24.8 Å². The first-order valence-electron chi connectivity index (χ1n) is 5.41. The van der Waals surface area contributed by atoms with Gasteiger partial charge < -0.3 is 5.73 Å². The number of halogens is 1. The van der Waals surface area contributed by atoms with Gasteiger partial charge in [-0.2, -0.15) is 0 Å². The van der Waals surface area contributed by atoms with E-state index in [1.165, 1.54) is 24.8 Å². The van der Waals surface area contributed by atoms with Crippen LogP contribution in [0.5, 0.6) is 0 Å². The van der Waals surface area contributed by atoms with E-state index in [2.05, 4.69) is 33.9 Å². The number of hydrogen-bond acceptors (Lipinski definition) is 2. The Morgan fingerprint density at radius 1 is 1.47 bits per heavy atom. The van der Waals surface area contributed by atoms with E-state index in [-0.39, 0.29) is 0 Å². The van der Waals surface area contributed by atoms with Crippen LogP contribution in [-0.2, 0) is 6.54 Å². The van der Waals surface area contributed by atoms with Crippen LogP contribution in [-0.4, -0.2) is 18.0 Å². The zero-order chi connectivity index (χ0) is 10.8. The molecule has 0 spiro atoms. The molecule has 1 aromatic carbocycles. The van der Waals surface area contributed by atoms with E-state index in [9.17, 15) is 0 Å². The zero-order valence-electron chi connectivity index (χ0n) is 9.04. The Bertz CT molecular complexity index is 327. The van der Waals surface area contributed by atoms with Crippen molar-refractivity contribution < 1.29 is 0 Å². The molecule has 1 fully saturated rings. The van der Waals surface area contributed by atoms with Gasteiger partial charge in [-0.05, 0) is 32.0 Å². The molecular weight excluding hydrogens is 252 g/mol. The number of nitrogen functional groups attached to an aromatic ring is 1. The predicted octanol–water partition coefficient (Wildman–Crippen LogP) is 3.02. The first kappa shape index (κ1) is 11.0. The third-order valence-electron chi connectivity index (χ3n) is 3.26. The van der Waals surface area contributed by atoms with E-state index in [0.29, 0.717) is 0 Å². The zero-order valence-corrected chi connectivity index (χ0v) is 10.6. The Hall–Kier alpha value is -0.540. The van der Waals surface area contributed by atoms with Gasteiger partial charge in [0.25, 0.3) is 0 Å². The van der Waals surface area contributed by atoms with Crippen LogP contribution < -0.4 is 5.73 Å². The molecule has 1 aliphatic carbocycles. The SMILES string of the molecule is CN(Cc1c(N)cccc1Br)C1CCC1. The highest BCUT2D eigenvalue weighted by Gasteiger charge is 2.22. The molecule has 0 bridgehead atoms. The van der Waals surface area contributed by atoms with Crippen molar-refractivity contribution in [2.45, 2.75) is 31.8 Å². The summed E-state index contributed by atoms with van der Waals surface area (Å²) in [7, 11) is 2.18. The Morgan fingerprint density at radius 2 is 2.20 bits per heavy atom. The molecular formula is C12H17BrN2. The van der Waals surface area contributed by atoms with Crippen LogP contribution in [0.3, 0.4) is 0 Å². The summed E-state index contributed by atoms with van der Waals surface area (Å²) in [6.07, 6.45) is 4.04. The Labute approximate surface area is 99.6 Å². The third-order valence-corrected chi connectivity index (χ3v) is 4.00. The van der Waals surface area contributed by atoms with Gasteiger partial charge in [-0.1, -0.05) is 28.4 Å². The van der Waals surface area contributed by atoms with Gasteiger partial charge in [0.15, 0.2) is 0 Å². The van der Waals surface area contributed by atoms with Crippen molar-refractivity contribution in [1.29, 1.82) is 0 Å². The standard InChI is InChI=1S/C12H17BrN2/c1-15(9-4-2-5-9)8-10-11(13)6-3-7-12(10)14/h3,6-7,9H,2,4-5,8,14H2,1H3. The largest absolute Gasteiger partial charge is 0.398 e. The van der Waals surface area contributed by atoms with Gasteiger partial charge in [-0.3, -0.25) is 4.90 Å². The fourth-order valence-corrected chi connectivity index (χ4v) is 2.46. The van der Waals surface area contributed by atoms with Crippen LogP contribution in [0.15, 0.2) is 22.7 Å². The van der Waals surface area contributed by atoms with E-state index in [1.807, 2.05) is 12.1 Å². The first-order valence-corrected chi connectivity index (χ1v) is 6.21. The highest BCUT2D eigenvalue weighted by molar-refractivity contribution is 9.10. The van der Waals surface area contributed by atoms with E-state index in [4.69, 9.17) is 5.73 Å². The molecule has 1 aliphatic rings. The molecule has 2 rings (SSSR count). The second-order valence-electron chi connectivity index (χ2n) is 4.31. The minimum absolute atomic E-state index is 0.761. The second-order valence-corrected chi connectivity index (χ2v) is 5.16. The molecule has 0 unspecified atom stereocenters. The summed E-state index contributed by atoms with van der Waals surface area (Å²) in [5.74, 6) is 0. The van der Waals surface area contributed by atoms with Crippen molar-refractivity contribution >= 4 is 21.6 Å². The maximum absolute atomic E-state index is 5.97. The predicted molar refractivity (Wildman–Crippen MR) is 67.7 cm³/mol. The number of nitrogens with two attached hydrogens (primary N) is 1. The Kier molecular flexibility index (Phi) is 3.32. The lowest BCUT2D eigenvalue weighted by atomic mass is 9.91. The fourth-order valence-electron chi connectivity index (χ4n) is 1.95. The van der Waals surface area contributed by atoms with Crippen LogP contribution in [0, 0.1) is 0 Å². The summed E-state index contributed by atoms with van der Waals surface area (Å²) < 4.78 is 1.12. The molecule has 2 nitrogen and oxygen atoms in total. The maximum Gasteiger partial charge on any atom is 0.0371 e. The van der Waals surface area contributed by atoms with Gasteiger partial charge in [0.05, 0.1) is 0 Å². The summed E-state index contributed by atoms with van der Waals surface area (Å²) in [6.45, 7) is 0.942. The van der Waals surface area contributed by atoms with Crippen LogP contribution in [0.25, 0.3) is 0 Å². The van der Waals surface area contributed by atoms with E-state index in [0.717, 1.165) is 22.7 Å². The summed E-state index contributed by atoms with van der Waals surface area (Å²) >= 11 is 3.56. The number of nitrogens with zero attached hydrogens (tertiary/aromatic N) is 1. The van der Waals surface area contributed by atoms with Crippen molar-refractivity contribution in [1.82, 2.24) is 4.90 Å². The van der Waals surface area contributed by atoms with Gasteiger partial charge in [0, 0.05) is 28.3 Å². The third kappa shape index (κ3) is 2.34. The Balaban J connectivity index is 2.09. The molecule has 2 N–H and O–H groups in total. The highest BCUT2D eigenvalue weighted by Crippen LogP contribution is 2.28. The molecule has 0 heterocycles. The number of benzene rings is 1. The number of anilines is 1. The molecule has 0 saturated heterocycles. The lowest BCUT2D eigenvalue weighted by Gasteiger charge is -2.35. The topological polar surface area (TPSA) is 29.3 Å². The molecule has 82 valence electrons. The summed E-state index contributed by atoms with van der Waals surface area (Å²) in [4.78, 5) is 2.40. The van der Waals surface area contributed by atoms with Crippen molar-refractivity contribution in [2.75, 3.05) is 12.8 Å². The molecule has 0 aromatic heterocycles. The van der Waals surface area contributed by atoms with Crippen molar-refractivity contribution in [2.24, 2.45) is 0 Å². The van der Waals surface area contributed by atoms with E-state index < -0.39 is 0 Å². The number of hydrogen-bond donors (Lipinski definition) is 1. The molecule has 1 saturated carbocycles. The molecule has 15 heavy (non-hydrogen) atoms. The fraction of sp³-hybridized carbons (Fsp3) is 0.500. The summed E-state index contributed by atoms with van der Waals surface area (Å²) in [5.41, 5.74) is 8.07. The normalized spacial score (nSPS) is 16.7. The average Bonchev–Trinajstić information content (AvgIpc) is 2.08. The highest BCUT2D eigenvalue weighted by atomic mass is 79.9. The van der Waals surface area contributed by atoms with Crippen molar-refractivity contribution in [3.05, 3.63) is 28.2 Å². The smallest absolute Gasteiger partial charge is 0.0371 e. The second kappa shape index (κ2) is 4.54. The molecule has 0 aliphatic heterocycles. The molecule has 0 amide bonds. The van der Waals surface area contributed by atoms with Crippen molar-refractivity contribution in [3.8, 4) is 0 Å². The summed E-state index contributed by atoms with van der Waals surface area (Å²) in [6, 6.07) is 6.76. The van der Waals surface area contributed by atoms with E-state index in [1.54, 1.807) is 0 Å². The van der Waals surface area contributed by atoms with Gasteiger partial charge in [-0.15, -0.1) is 0 Å². The van der Waals surface area contributed by atoms with Crippen LogP contribution >= 0.6 is 15.9 Å². The molecule has 1 aromatic rings. The van der Waals surface area contributed by atoms with Gasteiger partial charge in [0.1, 0.15) is 0 Å². The van der Waals surface area contributed by atoms with Gasteiger partial charge >= 0.3 is 0 Å². The molecule has 0 radical (unpaired) electrons. The molecule has 0 atom stereocenters. The van der Waals surface area contributed by atoms with Crippen LogP contribution in [0.2, 0.25) is 0 Å². The quantitative estimate of drug-likeness (QED) is 0.855. The van der Waals surface area contributed by atoms with Gasteiger partial charge in [-0.25, -0.2) is 0 Å². The lowest BCUT2D eigenvalue weighted by molar-refractivity contribution is 0.152. The minimum atomic E-state index is 0.761. The van der Waals surface area contributed by atoms with Gasteiger partial charge in [0.2, 0.25) is 0 Å². The lowest BCUT2D eigenvalue weighted by Crippen LogP contribution is -2.36. The average molecular weight is 269 g/mol. The van der Waals surface area contributed by atoms with Crippen LogP contribution in [0.4, 0.5) is 5.69 Å². The first-order chi connectivity index (χ1) is 7.18. The maximum atomic E-state index is 5.97. The minimum Gasteiger partial charge on any atom is -0.398 e. The molecule has 3 heteroatoms. The summed E-state index contributed by atoms with van der Waals surface area (Å²) in [5, 5.41) is 0. The van der Waals surface area contributed by atoms with Crippen molar-refractivity contribution in [3.63, 3.8) is 0 Å². The monoisotopic (exact) mass is 268 g/mol. The van der Waals surface area contributed by atoms with E-state index >= 15 is 0 Å².